The second-order valence-corrected chi connectivity index (χ2v) is 6.24. The lowest BCUT2D eigenvalue weighted by Gasteiger charge is -2.14. The van der Waals surface area contributed by atoms with Crippen LogP contribution in [0.2, 0.25) is 5.02 Å². The number of carbonyl (C=O) groups excluding carboxylic acids is 2. The second-order valence-electron chi connectivity index (χ2n) is 5.83. The molecule has 3 aromatic rings. The van der Waals surface area contributed by atoms with Crippen molar-refractivity contribution >= 4 is 40.2 Å². The average Bonchev–Trinajstić information content (AvgIpc) is 2.64. The van der Waals surface area contributed by atoms with Crippen molar-refractivity contribution in [2.75, 3.05) is 11.9 Å². The number of hydrogen-bond acceptors (Lipinski definition) is 5. The fraction of sp³-hybridized carbons (Fsp3) is 0.158. The molecular formula is C19H15ClFN3O4. The van der Waals surface area contributed by atoms with Crippen LogP contribution in [0.3, 0.4) is 0 Å². The van der Waals surface area contributed by atoms with E-state index in [1.165, 1.54) is 36.0 Å². The van der Waals surface area contributed by atoms with Crippen LogP contribution in [0.1, 0.15) is 24.2 Å². The van der Waals surface area contributed by atoms with Crippen molar-refractivity contribution in [2.45, 2.75) is 13.8 Å². The van der Waals surface area contributed by atoms with Crippen molar-refractivity contribution in [1.29, 1.82) is 0 Å². The van der Waals surface area contributed by atoms with Crippen molar-refractivity contribution < 1.29 is 18.7 Å². The molecule has 0 spiro atoms. The Labute approximate surface area is 163 Å². The van der Waals surface area contributed by atoms with Crippen molar-refractivity contribution in [3.8, 4) is 5.69 Å². The van der Waals surface area contributed by atoms with Gasteiger partial charge in [0.15, 0.2) is 0 Å². The summed E-state index contributed by atoms with van der Waals surface area (Å²) in [6, 6.07) is 5.42. The van der Waals surface area contributed by atoms with Crippen molar-refractivity contribution in [3.63, 3.8) is 0 Å². The summed E-state index contributed by atoms with van der Waals surface area (Å²) in [6.07, 6.45) is 2.68. The third kappa shape index (κ3) is 3.72. The number of rotatable bonds is 4. The van der Waals surface area contributed by atoms with Crippen LogP contribution in [0.5, 0.6) is 0 Å². The predicted molar refractivity (Wildman–Crippen MR) is 103 cm³/mol. The first kappa shape index (κ1) is 19.5. The summed E-state index contributed by atoms with van der Waals surface area (Å²) in [6.45, 7) is 3.06. The number of ether oxygens (including phenoxy) is 1. The quantitative estimate of drug-likeness (QED) is 0.675. The highest BCUT2D eigenvalue weighted by atomic mass is 35.5. The first-order chi connectivity index (χ1) is 13.3. The number of halogens is 2. The summed E-state index contributed by atoms with van der Waals surface area (Å²) >= 11 is 5.83. The maximum Gasteiger partial charge on any atom is 0.343 e. The van der Waals surface area contributed by atoms with E-state index in [-0.39, 0.29) is 34.0 Å². The van der Waals surface area contributed by atoms with Gasteiger partial charge in [0.1, 0.15) is 17.2 Å². The lowest BCUT2D eigenvalue weighted by molar-refractivity contribution is -0.114. The minimum atomic E-state index is -0.800. The number of nitrogens with one attached hydrogen (secondary N) is 1. The molecule has 0 radical (unpaired) electrons. The second kappa shape index (κ2) is 7.77. The van der Waals surface area contributed by atoms with Gasteiger partial charge in [-0.1, -0.05) is 11.6 Å². The number of hydrogen-bond donors (Lipinski definition) is 1. The van der Waals surface area contributed by atoms with Gasteiger partial charge in [-0.2, -0.15) is 0 Å². The highest BCUT2D eigenvalue weighted by molar-refractivity contribution is 6.31. The van der Waals surface area contributed by atoms with E-state index in [0.717, 1.165) is 6.07 Å². The Hall–Kier alpha value is -3.26. The van der Waals surface area contributed by atoms with Gasteiger partial charge in [0, 0.05) is 24.6 Å². The number of carbonyl (C=O) groups is 2. The molecule has 144 valence electrons. The molecule has 0 atom stereocenters. The van der Waals surface area contributed by atoms with E-state index in [2.05, 4.69) is 10.3 Å². The van der Waals surface area contributed by atoms with E-state index in [1.807, 2.05) is 0 Å². The molecule has 1 N–H and O–H groups in total. The number of amides is 1. The number of pyridine rings is 2. The Kier molecular flexibility index (Phi) is 5.41. The van der Waals surface area contributed by atoms with E-state index in [1.54, 1.807) is 13.0 Å². The molecule has 0 aliphatic carbocycles. The summed E-state index contributed by atoms with van der Waals surface area (Å²) in [4.78, 5) is 40.2. The molecule has 0 aliphatic rings. The van der Waals surface area contributed by atoms with Crippen LogP contribution in [0.15, 0.2) is 41.5 Å². The SMILES string of the molecule is CCOC(=O)c1cn(-c2ccc(NC(C)=O)nc2)c2cc(F)c(Cl)cc2c1=O. The zero-order valence-electron chi connectivity index (χ0n) is 15.0. The number of anilines is 1. The minimum absolute atomic E-state index is 0.0582. The summed E-state index contributed by atoms with van der Waals surface area (Å²) in [5.41, 5.74) is -0.196. The van der Waals surface area contributed by atoms with Crippen molar-refractivity contribution in [1.82, 2.24) is 9.55 Å². The molecule has 0 saturated heterocycles. The van der Waals surface area contributed by atoms with Crippen LogP contribution in [0.25, 0.3) is 16.6 Å². The maximum atomic E-state index is 14.1. The Morgan fingerprint density at radius 2 is 2.07 bits per heavy atom. The highest BCUT2D eigenvalue weighted by Gasteiger charge is 2.19. The summed E-state index contributed by atoms with van der Waals surface area (Å²) in [5.74, 6) is -1.47. The molecule has 3 rings (SSSR count). The Morgan fingerprint density at radius 3 is 2.68 bits per heavy atom. The third-order valence-corrected chi connectivity index (χ3v) is 4.16. The number of benzene rings is 1. The molecule has 2 aromatic heterocycles. The minimum Gasteiger partial charge on any atom is -0.462 e. The van der Waals surface area contributed by atoms with Gasteiger partial charge in [-0.15, -0.1) is 0 Å². The molecule has 0 saturated carbocycles. The standard InChI is InChI=1S/C19H15ClFN3O4/c1-3-28-19(27)13-9-24(11-4-5-17(22-8-11)23-10(2)25)16-7-15(21)14(20)6-12(16)18(13)26/h4-9H,3H2,1-2H3,(H,22,23,25). The van der Waals surface area contributed by atoms with E-state index >= 15 is 0 Å². The van der Waals surface area contributed by atoms with Crippen LogP contribution in [-0.2, 0) is 9.53 Å². The molecule has 0 unspecified atom stereocenters. The molecule has 1 amide bonds. The van der Waals surface area contributed by atoms with Gasteiger partial charge < -0.3 is 14.6 Å². The van der Waals surface area contributed by atoms with E-state index in [4.69, 9.17) is 16.3 Å². The zero-order valence-corrected chi connectivity index (χ0v) is 15.7. The average molecular weight is 404 g/mol. The zero-order chi connectivity index (χ0) is 20.4. The van der Waals surface area contributed by atoms with E-state index < -0.39 is 17.2 Å². The number of nitrogens with zero attached hydrogens (tertiary/aromatic N) is 2. The molecule has 0 aliphatic heterocycles. The number of esters is 1. The molecule has 2 heterocycles. The number of aromatic nitrogens is 2. The van der Waals surface area contributed by atoms with E-state index in [9.17, 15) is 18.8 Å². The molecule has 0 fully saturated rings. The normalized spacial score (nSPS) is 10.7. The Bertz CT molecular complexity index is 1140. The lowest BCUT2D eigenvalue weighted by Crippen LogP contribution is -2.20. The van der Waals surface area contributed by atoms with Crippen LogP contribution in [-0.4, -0.2) is 28.0 Å². The first-order valence-corrected chi connectivity index (χ1v) is 8.65. The van der Waals surface area contributed by atoms with Crippen molar-refractivity contribution in [2.24, 2.45) is 0 Å². The molecule has 9 heteroatoms. The van der Waals surface area contributed by atoms with Gasteiger partial charge in [0.05, 0.1) is 29.0 Å². The molecule has 28 heavy (non-hydrogen) atoms. The maximum absolute atomic E-state index is 14.1. The largest absolute Gasteiger partial charge is 0.462 e. The van der Waals surface area contributed by atoms with Crippen LogP contribution in [0.4, 0.5) is 10.2 Å². The summed E-state index contributed by atoms with van der Waals surface area (Å²) in [5, 5.41) is 2.35. The van der Waals surface area contributed by atoms with Gasteiger partial charge >= 0.3 is 5.97 Å². The highest BCUT2D eigenvalue weighted by Crippen LogP contribution is 2.24. The van der Waals surface area contributed by atoms with Crippen LogP contribution in [0, 0.1) is 5.82 Å². The Morgan fingerprint density at radius 1 is 1.32 bits per heavy atom. The van der Waals surface area contributed by atoms with Gasteiger partial charge in [0.25, 0.3) is 0 Å². The predicted octanol–water partition coefficient (Wildman–Crippen LogP) is 3.31. The molecule has 0 bridgehead atoms. The lowest BCUT2D eigenvalue weighted by atomic mass is 10.1. The van der Waals surface area contributed by atoms with Gasteiger partial charge in [-0.25, -0.2) is 14.2 Å². The fourth-order valence-electron chi connectivity index (χ4n) is 2.67. The van der Waals surface area contributed by atoms with Crippen LogP contribution < -0.4 is 10.7 Å². The first-order valence-electron chi connectivity index (χ1n) is 8.27. The summed E-state index contributed by atoms with van der Waals surface area (Å²) in [7, 11) is 0. The monoisotopic (exact) mass is 403 g/mol. The summed E-state index contributed by atoms with van der Waals surface area (Å²) < 4.78 is 20.4. The Balaban J connectivity index is 2.26. The third-order valence-electron chi connectivity index (χ3n) is 3.87. The number of fused-ring (bicyclic) bond motifs is 1. The van der Waals surface area contributed by atoms with Crippen molar-refractivity contribution in [3.05, 3.63) is 63.3 Å². The van der Waals surface area contributed by atoms with Crippen LogP contribution >= 0.6 is 11.6 Å². The topological polar surface area (TPSA) is 90.3 Å². The van der Waals surface area contributed by atoms with E-state index in [0.29, 0.717) is 11.5 Å². The molecular weight excluding hydrogens is 389 g/mol. The van der Waals surface area contributed by atoms with Gasteiger partial charge in [-0.3, -0.25) is 9.59 Å². The molecule has 1 aromatic carbocycles. The van der Waals surface area contributed by atoms with Gasteiger partial charge in [0.2, 0.25) is 11.3 Å². The molecule has 7 nitrogen and oxygen atoms in total. The smallest absolute Gasteiger partial charge is 0.343 e. The fourth-order valence-corrected chi connectivity index (χ4v) is 2.83. The van der Waals surface area contributed by atoms with Gasteiger partial charge in [-0.05, 0) is 25.1 Å².